The van der Waals surface area contributed by atoms with Crippen LogP contribution in [0.4, 0.5) is 0 Å². The molecule has 0 aliphatic heterocycles. The van der Waals surface area contributed by atoms with Gasteiger partial charge < -0.3 is 0 Å². The SMILES string of the molecule is CCC(Cl)C(=O)Br. The lowest BCUT2D eigenvalue weighted by Gasteiger charge is -1.93. The maximum absolute atomic E-state index is 10.2. The topological polar surface area (TPSA) is 17.1 Å². The molecule has 42 valence electrons. The molecule has 0 aromatic carbocycles. The molecule has 0 amide bonds. The molecule has 1 atom stereocenters. The smallest absolute Gasteiger partial charge is 0.215 e. The average Bonchev–Trinajstić information content (AvgIpc) is 1.65. The summed E-state index contributed by atoms with van der Waals surface area (Å²) < 4.78 is -0.128. The van der Waals surface area contributed by atoms with Crippen LogP contribution in [0.3, 0.4) is 0 Å². The summed E-state index contributed by atoms with van der Waals surface area (Å²) >= 11 is 8.13. The zero-order valence-electron chi connectivity index (χ0n) is 3.95. The highest BCUT2D eigenvalue weighted by atomic mass is 79.9. The van der Waals surface area contributed by atoms with Gasteiger partial charge in [-0.05, 0) is 22.4 Å². The molecule has 0 radical (unpaired) electrons. The molecule has 0 aliphatic carbocycles. The third-order valence-corrected chi connectivity index (χ3v) is 1.93. The third-order valence-electron chi connectivity index (χ3n) is 0.605. The second-order valence-electron chi connectivity index (χ2n) is 1.18. The second-order valence-corrected chi connectivity index (χ2v) is 2.49. The van der Waals surface area contributed by atoms with Gasteiger partial charge >= 0.3 is 0 Å². The fourth-order valence-electron chi connectivity index (χ4n) is 0.160. The first-order valence-electron chi connectivity index (χ1n) is 2.02. The summed E-state index contributed by atoms with van der Waals surface area (Å²) in [6, 6.07) is 0. The molecule has 0 heterocycles. The van der Waals surface area contributed by atoms with Crippen LogP contribution >= 0.6 is 27.5 Å². The molecule has 0 aromatic heterocycles. The number of halogens is 2. The van der Waals surface area contributed by atoms with Gasteiger partial charge in [-0.25, -0.2) is 0 Å². The van der Waals surface area contributed by atoms with E-state index in [0.717, 1.165) is 0 Å². The molecule has 1 unspecified atom stereocenters. The van der Waals surface area contributed by atoms with E-state index in [1.54, 1.807) is 0 Å². The van der Waals surface area contributed by atoms with Crippen LogP contribution in [0.5, 0.6) is 0 Å². The standard InChI is InChI=1S/C4H6BrClO/c1-2-3(6)4(5)7/h3H,2H2,1H3. The minimum absolute atomic E-state index is 0.128. The van der Waals surface area contributed by atoms with E-state index in [0.29, 0.717) is 6.42 Å². The second kappa shape index (κ2) is 3.44. The van der Waals surface area contributed by atoms with Crippen molar-refractivity contribution < 1.29 is 4.79 Å². The normalized spacial score (nSPS) is 13.6. The van der Waals surface area contributed by atoms with E-state index in [9.17, 15) is 4.79 Å². The van der Waals surface area contributed by atoms with Crippen molar-refractivity contribution in [2.75, 3.05) is 0 Å². The molecule has 0 bridgehead atoms. The Bertz CT molecular complexity index is 74.1. The largest absolute Gasteiger partial charge is 0.285 e. The summed E-state index contributed by atoms with van der Waals surface area (Å²) in [6.45, 7) is 1.86. The van der Waals surface area contributed by atoms with Gasteiger partial charge in [0.25, 0.3) is 0 Å². The first kappa shape index (κ1) is 7.44. The van der Waals surface area contributed by atoms with Gasteiger partial charge in [-0.1, -0.05) is 6.92 Å². The Labute approximate surface area is 56.2 Å². The minimum Gasteiger partial charge on any atom is -0.285 e. The van der Waals surface area contributed by atoms with E-state index in [4.69, 9.17) is 11.6 Å². The van der Waals surface area contributed by atoms with E-state index in [1.807, 2.05) is 6.92 Å². The van der Waals surface area contributed by atoms with Crippen molar-refractivity contribution >= 4 is 32.2 Å². The van der Waals surface area contributed by atoms with Crippen LogP contribution in [-0.2, 0) is 4.79 Å². The van der Waals surface area contributed by atoms with Crippen molar-refractivity contribution in [3.8, 4) is 0 Å². The Balaban J connectivity index is 3.34. The number of carbonyl (C=O) groups excluding carboxylic acids is 1. The molecule has 0 aromatic rings. The van der Waals surface area contributed by atoms with Crippen molar-refractivity contribution in [3.05, 3.63) is 0 Å². The molecule has 1 nitrogen and oxygen atoms in total. The van der Waals surface area contributed by atoms with E-state index in [2.05, 4.69) is 15.9 Å². The molecule has 0 saturated heterocycles. The Morgan fingerprint density at radius 2 is 2.43 bits per heavy atom. The highest BCUT2D eigenvalue weighted by Crippen LogP contribution is 2.05. The Hall–Kier alpha value is 0.440. The summed E-state index contributed by atoms with van der Waals surface area (Å²) in [4.78, 5) is 10.2. The average molecular weight is 185 g/mol. The lowest BCUT2D eigenvalue weighted by Crippen LogP contribution is -2.03. The van der Waals surface area contributed by atoms with E-state index in [-0.39, 0.29) is 10.1 Å². The zero-order chi connectivity index (χ0) is 5.86. The molecule has 0 N–H and O–H groups in total. The van der Waals surface area contributed by atoms with Crippen LogP contribution in [0, 0.1) is 0 Å². The quantitative estimate of drug-likeness (QED) is 0.475. The third kappa shape index (κ3) is 3.06. The highest BCUT2D eigenvalue weighted by molar-refractivity contribution is 9.18. The number of rotatable bonds is 2. The summed E-state index contributed by atoms with van der Waals surface area (Å²) in [5.41, 5.74) is 0. The van der Waals surface area contributed by atoms with Crippen molar-refractivity contribution in [1.82, 2.24) is 0 Å². The predicted octanol–water partition coefficient (Wildman–Crippen LogP) is 1.93. The van der Waals surface area contributed by atoms with Crippen LogP contribution in [0.25, 0.3) is 0 Å². The number of alkyl halides is 1. The van der Waals surface area contributed by atoms with Gasteiger partial charge in [-0.3, -0.25) is 4.79 Å². The van der Waals surface area contributed by atoms with Crippen molar-refractivity contribution in [2.45, 2.75) is 18.7 Å². The maximum atomic E-state index is 10.2. The Morgan fingerprint density at radius 1 is 2.00 bits per heavy atom. The lowest BCUT2D eigenvalue weighted by atomic mass is 10.4. The van der Waals surface area contributed by atoms with Gasteiger partial charge in [-0.2, -0.15) is 0 Å². The fourth-order valence-corrected chi connectivity index (χ4v) is 0.484. The molecule has 3 heteroatoms. The van der Waals surface area contributed by atoms with Gasteiger partial charge in [0, 0.05) is 0 Å². The van der Waals surface area contributed by atoms with E-state index >= 15 is 0 Å². The molecular weight excluding hydrogens is 179 g/mol. The molecule has 0 spiro atoms. The van der Waals surface area contributed by atoms with Crippen LogP contribution in [0.1, 0.15) is 13.3 Å². The molecular formula is C4H6BrClO. The van der Waals surface area contributed by atoms with Gasteiger partial charge in [-0.15, -0.1) is 11.6 Å². The Kier molecular flexibility index (Phi) is 3.66. The summed E-state index contributed by atoms with van der Waals surface area (Å²) in [6.07, 6.45) is 0.686. The molecule has 7 heavy (non-hydrogen) atoms. The molecule has 0 aliphatic rings. The number of hydrogen-bond acceptors (Lipinski definition) is 1. The lowest BCUT2D eigenvalue weighted by molar-refractivity contribution is -0.110. The van der Waals surface area contributed by atoms with Gasteiger partial charge in [0.2, 0.25) is 4.69 Å². The molecule has 0 rings (SSSR count). The van der Waals surface area contributed by atoms with Crippen molar-refractivity contribution in [2.24, 2.45) is 0 Å². The van der Waals surface area contributed by atoms with Gasteiger partial charge in [0.1, 0.15) is 5.38 Å². The van der Waals surface area contributed by atoms with E-state index in [1.165, 1.54) is 0 Å². The van der Waals surface area contributed by atoms with Crippen LogP contribution in [-0.4, -0.2) is 10.1 Å². The van der Waals surface area contributed by atoms with Gasteiger partial charge in [0.15, 0.2) is 0 Å². The summed E-state index contributed by atoms with van der Waals surface area (Å²) in [5.74, 6) is 0. The molecule has 0 fully saturated rings. The molecule has 0 saturated carbocycles. The number of carbonyl (C=O) groups is 1. The van der Waals surface area contributed by atoms with Crippen LogP contribution in [0.15, 0.2) is 0 Å². The van der Waals surface area contributed by atoms with Crippen molar-refractivity contribution in [3.63, 3.8) is 0 Å². The first-order valence-corrected chi connectivity index (χ1v) is 3.24. The number of hydrogen-bond donors (Lipinski definition) is 0. The van der Waals surface area contributed by atoms with Crippen LogP contribution in [0.2, 0.25) is 0 Å². The van der Waals surface area contributed by atoms with Gasteiger partial charge in [0.05, 0.1) is 0 Å². The highest BCUT2D eigenvalue weighted by Gasteiger charge is 2.06. The summed E-state index contributed by atoms with van der Waals surface area (Å²) in [5, 5.41) is -0.347. The van der Waals surface area contributed by atoms with Crippen LogP contribution < -0.4 is 0 Å². The fraction of sp³-hybridized carbons (Fsp3) is 0.750. The first-order chi connectivity index (χ1) is 3.18. The maximum Gasteiger partial charge on any atom is 0.215 e. The predicted molar refractivity (Wildman–Crippen MR) is 33.9 cm³/mol. The minimum atomic E-state index is -0.347. The van der Waals surface area contributed by atoms with Crippen molar-refractivity contribution in [1.29, 1.82) is 0 Å². The zero-order valence-corrected chi connectivity index (χ0v) is 6.29. The summed E-state index contributed by atoms with van der Waals surface area (Å²) in [7, 11) is 0. The monoisotopic (exact) mass is 184 g/mol. The van der Waals surface area contributed by atoms with E-state index < -0.39 is 0 Å². The Morgan fingerprint density at radius 3 is 2.43 bits per heavy atom.